The SMILES string of the molecule is CCCCOc1ccc(OC(=O)C2CCC(c3ccc(-c4ccc(OCC)c(F)c4F)c(F)c3)CC2)c(F)c1F. The highest BCUT2D eigenvalue weighted by atomic mass is 19.2. The third-order valence-corrected chi connectivity index (χ3v) is 7.14. The van der Waals surface area contributed by atoms with E-state index in [-0.39, 0.29) is 41.8 Å². The molecule has 40 heavy (non-hydrogen) atoms. The smallest absolute Gasteiger partial charge is 0.314 e. The molecule has 0 spiro atoms. The maximum Gasteiger partial charge on any atom is 0.314 e. The Hall–Kier alpha value is -3.62. The highest BCUT2D eigenvalue weighted by Gasteiger charge is 2.30. The van der Waals surface area contributed by atoms with Crippen molar-refractivity contribution >= 4 is 5.97 Å². The van der Waals surface area contributed by atoms with Crippen LogP contribution < -0.4 is 14.2 Å². The molecule has 0 aromatic heterocycles. The lowest BCUT2D eigenvalue weighted by molar-refractivity contribution is -0.140. The van der Waals surface area contributed by atoms with Gasteiger partial charge in [-0.1, -0.05) is 25.5 Å². The Balaban J connectivity index is 1.38. The van der Waals surface area contributed by atoms with Crippen LogP contribution in [0.2, 0.25) is 0 Å². The molecule has 0 bridgehead atoms. The number of ether oxygens (including phenoxy) is 3. The summed E-state index contributed by atoms with van der Waals surface area (Å²) in [5, 5.41) is 0. The molecule has 0 radical (unpaired) electrons. The molecule has 0 atom stereocenters. The van der Waals surface area contributed by atoms with Gasteiger partial charge in [0.25, 0.3) is 0 Å². The number of hydrogen-bond acceptors (Lipinski definition) is 4. The highest BCUT2D eigenvalue weighted by Crippen LogP contribution is 2.39. The number of halogens is 5. The van der Waals surface area contributed by atoms with E-state index in [2.05, 4.69) is 0 Å². The van der Waals surface area contributed by atoms with Crippen LogP contribution in [0, 0.1) is 35.0 Å². The molecule has 4 rings (SSSR count). The number of benzene rings is 3. The zero-order valence-corrected chi connectivity index (χ0v) is 22.4. The standard InChI is InChI=1S/C31H31F5O4/c1-3-5-16-39-25-14-15-26(30(36)29(25)35)40-31(37)19-8-6-18(7-9-19)20-10-11-21(23(32)17-20)22-12-13-24(38-4-2)28(34)27(22)33/h10-15,17-19H,3-9,16H2,1-2H3. The summed E-state index contributed by atoms with van der Waals surface area (Å²) in [6.45, 7) is 4.00. The molecular weight excluding hydrogens is 531 g/mol. The summed E-state index contributed by atoms with van der Waals surface area (Å²) in [6.07, 6.45) is 3.42. The summed E-state index contributed by atoms with van der Waals surface area (Å²) in [5.74, 6) is -7.77. The molecule has 1 aliphatic rings. The average Bonchev–Trinajstić information content (AvgIpc) is 2.95. The first-order valence-corrected chi connectivity index (χ1v) is 13.5. The van der Waals surface area contributed by atoms with E-state index in [1.807, 2.05) is 6.92 Å². The van der Waals surface area contributed by atoms with Gasteiger partial charge in [-0.25, -0.2) is 8.78 Å². The molecule has 9 heteroatoms. The Morgan fingerprint density at radius 1 is 0.750 bits per heavy atom. The normalized spacial score (nSPS) is 17.0. The third-order valence-electron chi connectivity index (χ3n) is 7.14. The van der Waals surface area contributed by atoms with Gasteiger partial charge in [0.2, 0.25) is 17.5 Å². The molecule has 0 N–H and O–H groups in total. The number of rotatable bonds is 10. The van der Waals surface area contributed by atoms with Crippen LogP contribution >= 0.6 is 0 Å². The fourth-order valence-corrected chi connectivity index (χ4v) is 4.90. The average molecular weight is 563 g/mol. The van der Waals surface area contributed by atoms with Gasteiger partial charge >= 0.3 is 5.97 Å². The molecule has 0 heterocycles. The molecule has 1 saturated carbocycles. The van der Waals surface area contributed by atoms with E-state index in [4.69, 9.17) is 14.2 Å². The van der Waals surface area contributed by atoms with Crippen LogP contribution in [-0.2, 0) is 4.79 Å². The molecule has 0 unspecified atom stereocenters. The van der Waals surface area contributed by atoms with Crippen molar-refractivity contribution in [1.82, 2.24) is 0 Å². The quantitative estimate of drug-likeness (QED) is 0.108. The molecule has 3 aromatic rings. The first kappa shape index (κ1) is 29.4. The summed E-state index contributed by atoms with van der Waals surface area (Å²) in [7, 11) is 0. The van der Waals surface area contributed by atoms with Gasteiger partial charge in [0.1, 0.15) is 5.82 Å². The second kappa shape index (κ2) is 13.2. The van der Waals surface area contributed by atoms with E-state index >= 15 is 4.39 Å². The maximum atomic E-state index is 15.0. The Kier molecular flexibility index (Phi) is 9.66. The predicted octanol–water partition coefficient (Wildman–Crippen LogP) is 8.51. The zero-order valence-electron chi connectivity index (χ0n) is 22.4. The van der Waals surface area contributed by atoms with Crippen molar-refractivity contribution < 1.29 is 41.0 Å². The van der Waals surface area contributed by atoms with Crippen molar-refractivity contribution in [2.45, 2.75) is 58.3 Å². The van der Waals surface area contributed by atoms with Crippen LogP contribution in [0.5, 0.6) is 17.2 Å². The fraction of sp³-hybridized carbons (Fsp3) is 0.387. The van der Waals surface area contributed by atoms with Gasteiger partial charge in [-0.3, -0.25) is 4.79 Å². The van der Waals surface area contributed by atoms with Crippen molar-refractivity contribution in [2.24, 2.45) is 5.92 Å². The van der Waals surface area contributed by atoms with Gasteiger partial charge in [0, 0.05) is 11.1 Å². The van der Waals surface area contributed by atoms with Crippen LogP contribution in [0.1, 0.15) is 63.9 Å². The third kappa shape index (κ3) is 6.40. The van der Waals surface area contributed by atoms with Crippen LogP contribution in [0.3, 0.4) is 0 Å². The second-order valence-corrected chi connectivity index (χ2v) is 9.77. The van der Waals surface area contributed by atoms with E-state index in [9.17, 15) is 22.4 Å². The van der Waals surface area contributed by atoms with E-state index in [0.717, 1.165) is 6.42 Å². The summed E-state index contributed by atoms with van der Waals surface area (Å²) in [4.78, 5) is 12.7. The van der Waals surface area contributed by atoms with Crippen LogP contribution in [-0.4, -0.2) is 19.2 Å². The summed E-state index contributed by atoms with van der Waals surface area (Å²) >= 11 is 0. The van der Waals surface area contributed by atoms with Crippen LogP contribution in [0.25, 0.3) is 11.1 Å². The lowest BCUT2D eigenvalue weighted by Crippen LogP contribution is -2.25. The lowest BCUT2D eigenvalue weighted by atomic mass is 9.78. The molecule has 4 nitrogen and oxygen atoms in total. The van der Waals surface area contributed by atoms with E-state index in [1.165, 1.54) is 36.4 Å². The monoisotopic (exact) mass is 562 g/mol. The fourth-order valence-electron chi connectivity index (χ4n) is 4.90. The number of carbonyl (C=O) groups excluding carboxylic acids is 1. The topological polar surface area (TPSA) is 44.8 Å². The molecule has 0 amide bonds. The molecule has 1 aliphatic carbocycles. The summed E-state index contributed by atoms with van der Waals surface area (Å²) in [5.41, 5.74) is 0.392. The van der Waals surface area contributed by atoms with Crippen molar-refractivity contribution in [3.8, 4) is 28.4 Å². The number of carbonyl (C=O) groups is 1. The molecule has 214 valence electrons. The maximum absolute atomic E-state index is 15.0. The highest BCUT2D eigenvalue weighted by molar-refractivity contribution is 5.75. The number of esters is 1. The first-order valence-electron chi connectivity index (χ1n) is 13.5. The minimum absolute atomic E-state index is 0.0664. The van der Waals surface area contributed by atoms with Gasteiger partial charge in [0.05, 0.1) is 19.1 Å². The lowest BCUT2D eigenvalue weighted by Gasteiger charge is -2.27. The Labute approximate surface area is 230 Å². The van der Waals surface area contributed by atoms with Gasteiger partial charge < -0.3 is 14.2 Å². The molecule has 0 saturated heterocycles. The van der Waals surface area contributed by atoms with Crippen LogP contribution in [0.4, 0.5) is 22.0 Å². The molecule has 0 aliphatic heterocycles. The summed E-state index contributed by atoms with van der Waals surface area (Å²) < 4.78 is 88.1. The molecule has 3 aromatic carbocycles. The van der Waals surface area contributed by atoms with Crippen molar-refractivity contribution in [2.75, 3.05) is 13.2 Å². The zero-order chi connectivity index (χ0) is 28.8. The first-order chi connectivity index (χ1) is 19.2. The number of hydrogen-bond donors (Lipinski definition) is 0. The minimum Gasteiger partial charge on any atom is -0.491 e. The largest absolute Gasteiger partial charge is 0.491 e. The van der Waals surface area contributed by atoms with Crippen molar-refractivity contribution in [3.63, 3.8) is 0 Å². The van der Waals surface area contributed by atoms with Crippen molar-refractivity contribution in [3.05, 3.63) is 77.1 Å². The number of unbranched alkanes of at least 4 members (excludes halogenated alkanes) is 1. The van der Waals surface area contributed by atoms with Gasteiger partial charge in [-0.05, 0) is 80.8 Å². The Bertz CT molecular complexity index is 1350. The summed E-state index contributed by atoms with van der Waals surface area (Å²) in [6, 6.07) is 9.33. The van der Waals surface area contributed by atoms with Crippen molar-refractivity contribution in [1.29, 1.82) is 0 Å². The van der Waals surface area contributed by atoms with Gasteiger partial charge in [-0.2, -0.15) is 13.2 Å². The second-order valence-electron chi connectivity index (χ2n) is 9.77. The molecular formula is C31H31F5O4. The Morgan fingerprint density at radius 3 is 2.02 bits per heavy atom. The van der Waals surface area contributed by atoms with E-state index in [0.29, 0.717) is 37.7 Å². The van der Waals surface area contributed by atoms with Gasteiger partial charge in [0.15, 0.2) is 23.1 Å². The van der Waals surface area contributed by atoms with E-state index < -0.39 is 46.7 Å². The predicted molar refractivity (Wildman–Crippen MR) is 140 cm³/mol. The van der Waals surface area contributed by atoms with Crippen LogP contribution in [0.15, 0.2) is 42.5 Å². The van der Waals surface area contributed by atoms with Gasteiger partial charge in [-0.15, -0.1) is 0 Å². The minimum atomic E-state index is -1.28. The molecule has 1 fully saturated rings. The Morgan fingerprint density at radius 2 is 1.35 bits per heavy atom. The van der Waals surface area contributed by atoms with E-state index in [1.54, 1.807) is 13.0 Å².